The lowest BCUT2D eigenvalue weighted by atomic mass is 9.44. The summed E-state index contributed by atoms with van der Waals surface area (Å²) in [5.41, 5.74) is 0.717. The van der Waals surface area contributed by atoms with Gasteiger partial charge < -0.3 is 15.5 Å². The number of carbonyl (C=O) groups is 2. The highest BCUT2D eigenvalue weighted by atomic mass is 16.4. The maximum absolute atomic E-state index is 12.2. The second kappa shape index (κ2) is 8.11. The van der Waals surface area contributed by atoms with Gasteiger partial charge in [-0.25, -0.2) is 0 Å². The minimum Gasteiger partial charge on any atom is -0.480 e. The first-order chi connectivity index (χ1) is 14.1. The van der Waals surface area contributed by atoms with Crippen molar-refractivity contribution in [3.8, 4) is 0 Å². The van der Waals surface area contributed by atoms with E-state index >= 15 is 0 Å². The lowest BCUT2D eigenvalue weighted by molar-refractivity contribution is -0.138. The topological polar surface area (TPSA) is 86.6 Å². The Balaban J connectivity index is 1.45. The minimum absolute atomic E-state index is 0.0857. The van der Waals surface area contributed by atoms with Crippen LogP contribution < -0.4 is 5.32 Å². The Hall–Kier alpha value is -1.10. The zero-order valence-corrected chi connectivity index (χ0v) is 19.0. The largest absolute Gasteiger partial charge is 0.480 e. The van der Waals surface area contributed by atoms with Crippen molar-refractivity contribution in [2.24, 2.45) is 46.3 Å². The fraction of sp³-hybridized carbons (Fsp3) is 0.920. The van der Waals surface area contributed by atoms with Gasteiger partial charge in [-0.3, -0.25) is 9.59 Å². The molecule has 1 amide bonds. The van der Waals surface area contributed by atoms with Crippen LogP contribution in [0.4, 0.5) is 0 Å². The van der Waals surface area contributed by atoms with E-state index in [1.807, 2.05) is 0 Å². The SMILES string of the molecule is C[C@H](CC(=O)NCC(=O)O)[C@H]1CC[C@H]2[C@@H]3CC[C@@H]4C[C@H](O)CC[C@]4(C)[C@H]3CC[C@]12C. The highest BCUT2D eigenvalue weighted by Crippen LogP contribution is 2.68. The lowest BCUT2D eigenvalue weighted by Crippen LogP contribution is -2.54. The molecule has 0 aromatic heterocycles. The summed E-state index contributed by atoms with van der Waals surface area (Å²) in [6.07, 6.45) is 11.2. The van der Waals surface area contributed by atoms with Gasteiger partial charge in [-0.15, -0.1) is 0 Å². The maximum atomic E-state index is 12.2. The Kier molecular flexibility index (Phi) is 5.97. The summed E-state index contributed by atoms with van der Waals surface area (Å²) in [4.78, 5) is 23.0. The summed E-state index contributed by atoms with van der Waals surface area (Å²) in [6, 6.07) is 0. The second-order valence-electron chi connectivity index (χ2n) is 11.7. The number of hydrogen-bond donors (Lipinski definition) is 3. The van der Waals surface area contributed by atoms with Gasteiger partial charge in [0.05, 0.1) is 6.10 Å². The number of rotatable bonds is 5. The van der Waals surface area contributed by atoms with Crippen molar-refractivity contribution in [3.63, 3.8) is 0 Å². The second-order valence-corrected chi connectivity index (χ2v) is 11.7. The van der Waals surface area contributed by atoms with E-state index in [2.05, 4.69) is 26.1 Å². The van der Waals surface area contributed by atoms with Crippen molar-refractivity contribution >= 4 is 11.9 Å². The van der Waals surface area contributed by atoms with Crippen LogP contribution in [0.25, 0.3) is 0 Å². The first kappa shape index (κ1) is 22.1. The smallest absolute Gasteiger partial charge is 0.322 e. The van der Waals surface area contributed by atoms with Crippen molar-refractivity contribution in [1.29, 1.82) is 0 Å². The fourth-order valence-electron chi connectivity index (χ4n) is 8.89. The molecule has 4 rings (SSSR count). The molecule has 0 heterocycles. The zero-order valence-electron chi connectivity index (χ0n) is 19.0. The van der Waals surface area contributed by atoms with Gasteiger partial charge in [0.2, 0.25) is 5.91 Å². The van der Waals surface area contributed by atoms with Crippen molar-refractivity contribution in [3.05, 3.63) is 0 Å². The van der Waals surface area contributed by atoms with Gasteiger partial charge in [0.1, 0.15) is 6.54 Å². The standard InChI is InChI=1S/C25H41NO4/c1-15(12-22(28)26-14-23(29)30)19-6-7-20-18-5-4-16-13-17(27)8-10-24(16,2)21(18)9-11-25(19,20)3/h15-21,27H,4-14H2,1-3H3,(H,26,28)(H,29,30)/t15-,16-,17-,18+,19-,20+,21+,24+,25-/m1/s1. The number of nitrogens with one attached hydrogen (secondary N) is 1. The van der Waals surface area contributed by atoms with Crippen molar-refractivity contribution < 1.29 is 19.8 Å². The summed E-state index contributed by atoms with van der Waals surface area (Å²) in [6.45, 7) is 6.95. The molecular weight excluding hydrogens is 378 g/mol. The highest BCUT2D eigenvalue weighted by Gasteiger charge is 2.60. The van der Waals surface area contributed by atoms with E-state index in [0.29, 0.717) is 35.0 Å². The number of carbonyl (C=O) groups excluding carboxylic acids is 1. The van der Waals surface area contributed by atoms with Crippen LogP contribution in [0.15, 0.2) is 0 Å². The quantitative estimate of drug-likeness (QED) is 0.622. The number of carboxylic acid groups (broad SMARTS) is 1. The van der Waals surface area contributed by atoms with E-state index in [1.54, 1.807) is 0 Å². The first-order valence-electron chi connectivity index (χ1n) is 12.3. The molecule has 0 unspecified atom stereocenters. The maximum Gasteiger partial charge on any atom is 0.322 e. The van der Waals surface area contributed by atoms with Crippen LogP contribution in [0, 0.1) is 46.3 Å². The predicted molar refractivity (Wildman–Crippen MR) is 116 cm³/mol. The van der Waals surface area contributed by atoms with Gasteiger partial charge in [-0.1, -0.05) is 20.8 Å². The number of aliphatic hydroxyl groups excluding tert-OH is 1. The van der Waals surface area contributed by atoms with Crippen molar-refractivity contribution in [2.45, 2.75) is 91.1 Å². The first-order valence-corrected chi connectivity index (χ1v) is 12.3. The molecule has 9 atom stereocenters. The lowest BCUT2D eigenvalue weighted by Gasteiger charge is -2.61. The molecule has 0 aromatic carbocycles. The Labute approximate surface area is 181 Å². The molecule has 0 aliphatic heterocycles. The van der Waals surface area contributed by atoms with Crippen LogP contribution in [0.2, 0.25) is 0 Å². The van der Waals surface area contributed by atoms with Crippen molar-refractivity contribution in [1.82, 2.24) is 5.32 Å². The monoisotopic (exact) mass is 419 g/mol. The summed E-state index contributed by atoms with van der Waals surface area (Å²) in [5.74, 6) is 2.80. The molecule has 170 valence electrons. The van der Waals surface area contributed by atoms with Crippen LogP contribution in [0.1, 0.15) is 85.0 Å². The van der Waals surface area contributed by atoms with E-state index in [0.717, 1.165) is 30.6 Å². The number of amides is 1. The van der Waals surface area contributed by atoms with Gasteiger partial charge in [-0.2, -0.15) is 0 Å². The Morgan fingerprint density at radius 1 is 1.00 bits per heavy atom. The number of aliphatic carboxylic acids is 1. The number of aliphatic hydroxyl groups is 1. The van der Waals surface area contributed by atoms with Gasteiger partial charge >= 0.3 is 5.97 Å². The predicted octanol–water partition coefficient (Wildman–Crippen LogP) is 4.23. The minimum atomic E-state index is -0.985. The summed E-state index contributed by atoms with van der Waals surface area (Å²) in [5, 5.41) is 21.6. The average molecular weight is 420 g/mol. The summed E-state index contributed by atoms with van der Waals surface area (Å²) in [7, 11) is 0. The van der Waals surface area contributed by atoms with Crippen LogP contribution in [0.3, 0.4) is 0 Å². The molecule has 4 aliphatic carbocycles. The number of carboxylic acids is 1. The molecule has 4 saturated carbocycles. The molecule has 0 radical (unpaired) electrons. The van der Waals surface area contributed by atoms with Crippen LogP contribution in [-0.2, 0) is 9.59 Å². The third-order valence-corrected chi connectivity index (χ3v) is 10.3. The molecule has 4 fully saturated rings. The summed E-state index contributed by atoms with van der Waals surface area (Å²) < 4.78 is 0. The molecule has 3 N–H and O–H groups in total. The molecule has 5 nitrogen and oxygen atoms in total. The Morgan fingerprint density at radius 3 is 2.43 bits per heavy atom. The molecule has 0 aromatic rings. The van der Waals surface area contributed by atoms with Crippen LogP contribution in [-0.4, -0.2) is 34.7 Å². The summed E-state index contributed by atoms with van der Waals surface area (Å²) >= 11 is 0. The third-order valence-electron chi connectivity index (χ3n) is 10.3. The van der Waals surface area contributed by atoms with E-state index in [1.165, 1.54) is 44.9 Å². The molecular formula is C25H41NO4. The van der Waals surface area contributed by atoms with Crippen molar-refractivity contribution in [2.75, 3.05) is 6.54 Å². The van der Waals surface area contributed by atoms with Gasteiger partial charge in [0.15, 0.2) is 0 Å². The molecule has 0 saturated heterocycles. The van der Waals surface area contributed by atoms with Crippen LogP contribution in [0.5, 0.6) is 0 Å². The Bertz CT molecular complexity index is 680. The molecule has 0 bridgehead atoms. The average Bonchev–Trinajstić information content (AvgIpc) is 3.04. The van der Waals surface area contributed by atoms with Crippen LogP contribution >= 0.6 is 0 Å². The van der Waals surface area contributed by atoms with E-state index < -0.39 is 5.97 Å². The van der Waals surface area contributed by atoms with E-state index in [-0.39, 0.29) is 18.6 Å². The number of fused-ring (bicyclic) bond motifs is 5. The van der Waals surface area contributed by atoms with Gasteiger partial charge in [-0.05, 0) is 104 Å². The molecule has 30 heavy (non-hydrogen) atoms. The Morgan fingerprint density at radius 2 is 1.70 bits per heavy atom. The third kappa shape index (κ3) is 3.69. The fourth-order valence-corrected chi connectivity index (χ4v) is 8.89. The van der Waals surface area contributed by atoms with Gasteiger partial charge in [0.25, 0.3) is 0 Å². The van der Waals surface area contributed by atoms with Gasteiger partial charge in [0, 0.05) is 6.42 Å². The molecule has 4 aliphatic rings. The number of hydrogen-bond acceptors (Lipinski definition) is 3. The zero-order chi connectivity index (χ0) is 21.7. The normalized spacial score (nSPS) is 46.3. The highest BCUT2D eigenvalue weighted by molar-refractivity contribution is 5.81. The molecule has 5 heteroatoms. The molecule has 0 spiro atoms. The van der Waals surface area contributed by atoms with E-state index in [4.69, 9.17) is 5.11 Å². The van der Waals surface area contributed by atoms with E-state index in [9.17, 15) is 14.7 Å².